The molecule has 0 radical (unpaired) electrons. The fourth-order valence-electron chi connectivity index (χ4n) is 1.89. The van der Waals surface area contributed by atoms with Crippen molar-refractivity contribution in [3.8, 4) is 0 Å². The zero-order chi connectivity index (χ0) is 15.5. The molecule has 2 nitrogen and oxygen atoms in total. The predicted octanol–water partition coefficient (Wildman–Crippen LogP) is 4.84. The number of benzene rings is 1. The molecule has 1 heterocycles. The Morgan fingerprint density at radius 3 is 2.19 bits per heavy atom. The van der Waals surface area contributed by atoms with E-state index in [-0.39, 0.29) is 0 Å². The predicted molar refractivity (Wildman–Crippen MR) is 77.1 cm³/mol. The Morgan fingerprint density at radius 2 is 1.71 bits per heavy atom. The van der Waals surface area contributed by atoms with Crippen LogP contribution in [0.4, 0.5) is 18.9 Å². The van der Waals surface area contributed by atoms with E-state index in [0.29, 0.717) is 18.2 Å². The van der Waals surface area contributed by atoms with Gasteiger partial charge in [0.15, 0.2) is 0 Å². The van der Waals surface area contributed by atoms with Crippen LogP contribution in [-0.2, 0) is 12.7 Å². The molecule has 0 atom stereocenters. The first-order valence-corrected chi connectivity index (χ1v) is 6.72. The van der Waals surface area contributed by atoms with E-state index in [2.05, 4.69) is 36.3 Å². The number of hydrogen-bond donors (Lipinski definition) is 1. The summed E-state index contributed by atoms with van der Waals surface area (Å²) in [5.74, 6) is 0.478. The fraction of sp³-hybridized carbons (Fsp3) is 0.312. The number of pyridine rings is 1. The highest BCUT2D eigenvalue weighted by Crippen LogP contribution is 2.27. The number of anilines is 1. The molecule has 0 aliphatic carbocycles. The number of rotatable bonds is 4. The fourth-order valence-corrected chi connectivity index (χ4v) is 1.89. The quantitative estimate of drug-likeness (QED) is 0.873. The molecule has 1 aromatic heterocycles. The van der Waals surface area contributed by atoms with Gasteiger partial charge in [0.05, 0.1) is 11.9 Å². The van der Waals surface area contributed by atoms with Crippen molar-refractivity contribution in [2.45, 2.75) is 32.5 Å². The second-order valence-electron chi connectivity index (χ2n) is 5.18. The average molecular weight is 294 g/mol. The van der Waals surface area contributed by atoms with Crippen molar-refractivity contribution in [2.24, 2.45) is 0 Å². The van der Waals surface area contributed by atoms with E-state index in [1.165, 1.54) is 17.8 Å². The highest BCUT2D eigenvalue weighted by Gasteiger charge is 2.31. The molecule has 0 amide bonds. The molecule has 1 aromatic carbocycles. The topological polar surface area (TPSA) is 24.9 Å². The van der Waals surface area contributed by atoms with Gasteiger partial charge < -0.3 is 5.32 Å². The van der Waals surface area contributed by atoms with Crippen molar-refractivity contribution < 1.29 is 13.2 Å². The van der Waals surface area contributed by atoms with Gasteiger partial charge in [0.2, 0.25) is 0 Å². The van der Waals surface area contributed by atoms with Crippen LogP contribution in [-0.4, -0.2) is 4.98 Å². The van der Waals surface area contributed by atoms with Crippen LogP contribution in [0.5, 0.6) is 0 Å². The van der Waals surface area contributed by atoms with Gasteiger partial charge in [0.1, 0.15) is 5.69 Å². The molecule has 0 bridgehead atoms. The Hall–Kier alpha value is -2.04. The maximum atomic E-state index is 12.4. The second-order valence-corrected chi connectivity index (χ2v) is 5.18. The van der Waals surface area contributed by atoms with Gasteiger partial charge in [0.25, 0.3) is 0 Å². The van der Waals surface area contributed by atoms with Crippen LogP contribution in [0, 0.1) is 0 Å². The third kappa shape index (κ3) is 4.21. The third-order valence-corrected chi connectivity index (χ3v) is 3.20. The zero-order valence-corrected chi connectivity index (χ0v) is 11.9. The Kier molecular flexibility index (Phi) is 4.50. The lowest BCUT2D eigenvalue weighted by molar-refractivity contribution is -0.141. The molecule has 0 spiro atoms. The molecule has 0 unspecified atom stereocenters. The molecular formula is C16H17F3N2. The van der Waals surface area contributed by atoms with Gasteiger partial charge in [-0.15, -0.1) is 0 Å². The van der Waals surface area contributed by atoms with Crippen molar-refractivity contribution in [1.29, 1.82) is 0 Å². The van der Waals surface area contributed by atoms with E-state index in [1.54, 1.807) is 0 Å². The molecule has 5 heteroatoms. The minimum absolute atomic E-state index is 0.478. The molecule has 0 saturated carbocycles. The summed E-state index contributed by atoms with van der Waals surface area (Å²) in [5, 5.41) is 3.06. The van der Waals surface area contributed by atoms with Gasteiger partial charge in [-0.1, -0.05) is 38.1 Å². The third-order valence-electron chi connectivity index (χ3n) is 3.20. The molecule has 0 saturated heterocycles. The molecule has 0 fully saturated rings. The van der Waals surface area contributed by atoms with E-state index in [0.717, 1.165) is 11.6 Å². The van der Waals surface area contributed by atoms with Crippen LogP contribution in [0.3, 0.4) is 0 Å². The SMILES string of the molecule is CC(C)c1ccc(CNc2ccc(C(F)(F)F)nc2)cc1. The van der Waals surface area contributed by atoms with Gasteiger partial charge in [-0.3, -0.25) is 0 Å². The van der Waals surface area contributed by atoms with Crippen LogP contribution in [0.25, 0.3) is 0 Å². The summed E-state index contributed by atoms with van der Waals surface area (Å²) >= 11 is 0. The van der Waals surface area contributed by atoms with E-state index in [1.807, 2.05) is 12.1 Å². The summed E-state index contributed by atoms with van der Waals surface area (Å²) in [6, 6.07) is 10.5. The maximum absolute atomic E-state index is 12.4. The van der Waals surface area contributed by atoms with Gasteiger partial charge in [0, 0.05) is 6.54 Å². The average Bonchev–Trinajstić information content (AvgIpc) is 2.45. The summed E-state index contributed by atoms with van der Waals surface area (Å²) in [6.45, 7) is 4.80. The number of nitrogens with one attached hydrogen (secondary N) is 1. The molecule has 112 valence electrons. The number of nitrogens with zero attached hydrogens (tertiary/aromatic N) is 1. The monoisotopic (exact) mass is 294 g/mol. The maximum Gasteiger partial charge on any atom is 0.433 e. The largest absolute Gasteiger partial charge is 0.433 e. The van der Waals surface area contributed by atoms with Crippen molar-refractivity contribution in [2.75, 3.05) is 5.32 Å². The van der Waals surface area contributed by atoms with Crippen molar-refractivity contribution >= 4 is 5.69 Å². The standard InChI is InChI=1S/C16H17F3N2/c1-11(2)13-5-3-12(4-6-13)9-20-14-7-8-15(21-10-14)16(17,18)19/h3-8,10-11,20H,9H2,1-2H3. The van der Waals surface area contributed by atoms with Gasteiger partial charge in [-0.05, 0) is 29.2 Å². The Labute approximate surface area is 122 Å². The van der Waals surface area contributed by atoms with E-state index in [9.17, 15) is 13.2 Å². The summed E-state index contributed by atoms with van der Waals surface area (Å²) in [7, 11) is 0. The molecule has 2 aromatic rings. The van der Waals surface area contributed by atoms with E-state index >= 15 is 0 Å². The Morgan fingerprint density at radius 1 is 1.05 bits per heavy atom. The summed E-state index contributed by atoms with van der Waals surface area (Å²) < 4.78 is 37.2. The first-order chi connectivity index (χ1) is 9.86. The zero-order valence-electron chi connectivity index (χ0n) is 11.9. The van der Waals surface area contributed by atoms with Crippen LogP contribution >= 0.6 is 0 Å². The van der Waals surface area contributed by atoms with E-state index < -0.39 is 11.9 Å². The molecule has 0 aliphatic heterocycles. The van der Waals surface area contributed by atoms with Crippen LogP contribution in [0.2, 0.25) is 0 Å². The van der Waals surface area contributed by atoms with Crippen LogP contribution in [0.1, 0.15) is 36.6 Å². The lowest BCUT2D eigenvalue weighted by atomic mass is 10.0. The van der Waals surface area contributed by atoms with Gasteiger partial charge >= 0.3 is 6.18 Å². The van der Waals surface area contributed by atoms with Gasteiger partial charge in [-0.2, -0.15) is 13.2 Å². The van der Waals surface area contributed by atoms with Crippen molar-refractivity contribution in [1.82, 2.24) is 4.98 Å². The molecule has 2 rings (SSSR count). The summed E-state index contributed by atoms with van der Waals surface area (Å²) in [6.07, 6.45) is -3.20. The number of alkyl halides is 3. The number of aromatic nitrogens is 1. The minimum atomic E-state index is -4.40. The van der Waals surface area contributed by atoms with Crippen molar-refractivity contribution in [3.63, 3.8) is 0 Å². The summed E-state index contributed by atoms with van der Waals surface area (Å²) in [4.78, 5) is 3.41. The molecular weight excluding hydrogens is 277 g/mol. The lowest BCUT2D eigenvalue weighted by Gasteiger charge is -2.10. The molecule has 1 N–H and O–H groups in total. The smallest absolute Gasteiger partial charge is 0.380 e. The normalized spacial score (nSPS) is 11.7. The van der Waals surface area contributed by atoms with Crippen LogP contribution < -0.4 is 5.32 Å². The molecule has 21 heavy (non-hydrogen) atoms. The van der Waals surface area contributed by atoms with Crippen LogP contribution in [0.15, 0.2) is 42.6 Å². The van der Waals surface area contributed by atoms with Crippen molar-refractivity contribution in [3.05, 3.63) is 59.4 Å². The van der Waals surface area contributed by atoms with E-state index in [4.69, 9.17) is 0 Å². The molecule has 0 aliphatic rings. The number of halogens is 3. The Balaban J connectivity index is 1.96. The minimum Gasteiger partial charge on any atom is -0.380 e. The second kappa shape index (κ2) is 6.16. The first-order valence-electron chi connectivity index (χ1n) is 6.72. The number of hydrogen-bond acceptors (Lipinski definition) is 2. The highest BCUT2D eigenvalue weighted by atomic mass is 19.4. The summed E-state index contributed by atoms with van der Waals surface area (Å²) in [5.41, 5.74) is 2.01. The highest BCUT2D eigenvalue weighted by molar-refractivity contribution is 5.42. The Bertz CT molecular complexity index is 572. The first kappa shape index (κ1) is 15.4. The van der Waals surface area contributed by atoms with Gasteiger partial charge in [-0.25, -0.2) is 4.98 Å². The lowest BCUT2D eigenvalue weighted by Crippen LogP contribution is -2.08.